The summed E-state index contributed by atoms with van der Waals surface area (Å²) in [5, 5.41) is 0. The highest BCUT2D eigenvalue weighted by atomic mass is 16.6. The SMILES string of the molecule is CC1=CC[C@H](C(C)C)[C@H]2OC(=O)N(C)[C@@H]12. The van der Waals surface area contributed by atoms with Gasteiger partial charge in [-0.1, -0.05) is 25.5 Å². The third-order valence-corrected chi connectivity index (χ3v) is 3.71. The molecule has 0 aromatic carbocycles. The maximum Gasteiger partial charge on any atom is 0.410 e. The summed E-state index contributed by atoms with van der Waals surface area (Å²) in [6.45, 7) is 6.48. The molecule has 3 atom stereocenters. The van der Waals surface area contributed by atoms with E-state index < -0.39 is 0 Å². The number of likely N-dealkylation sites (N-methyl/N-ethyl adjacent to an activating group) is 1. The highest BCUT2D eigenvalue weighted by Crippen LogP contribution is 2.38. The van der Waals surface area contributed by atoms with Gasteiger partial charge in [0.05, 0.1) is 6.04 Å². The highest BCUT2D eigenvalue weighted by molar-refractivity contribution is 5.71. The van der Waals surface area contributed by atoms with Gasteiger partial charge in [-0.3, -0.25) is 0 Å². The molecule has 1 fully saturated rings. The molecule has 84 valence electrons. The van der Waals surface area contributed by atoms with E-state index in [0.717, 1.165) is 6.42 Å². The van der Waals surface area contributed by atoms with Crippen molar-refractivity contribution in [3.63, 3.8) is 0 Å². The van der Waals surface area contributed by atoms with E-state index in [1.807, 2.05) is 7.05 Å². The van der Waals surface area contributed by atoms with Crippen LogP contribution in [0, 0.1) is 11.8 Å². The third-order valence-electron chi connectivity index (χ3n) is 3.71. The lowest BCUT2D eigenvalue weighted by Gasteiger charge is -2.34. The molecule has 3 heteroatoms. The molecule has 0 unspecified atom stereocenters. The zero-order valence-electron chi connectivity index (χ0n) is 9.86. The fourth-order valence-electron chi connectivity index (χ4n) is 2.71. The van der Waals surface area contributed by atoms with Crippen molar-refractivity contribution in [3.05, 3.63) is 11.6 Å². The number of allylic oxidation sites excluding steroid dienone is 1. The average Bonchev–Trinajstić information content (AvgIpc) is 2.44. The van der Waals surface area contributed by atoms with Gasteiger partial charge in [-0.2, -0.15) is 0 Å². The summed E-state index contributed by atoms with van der Waals surface area (Å²) in [4.78, 5) is 13.3. The normalized spacial score (nSPS) is 35.3. The largest absolute Gasteiger partial charge is 0.443 e. The number of ether oxygens (including phenoxy) is 1. The van der Waals surface area contributed by atoms with E-state index in [4.69, 9.17) is 4.74 Å². The Balaban J connectivity index is 2.30. The minimum atomic E-state index is -0.176. The first-order chi connectivity index (χ1) is 7.02. The van der Waals surface area contributed by atoms with Crippen molar-refractivity contribution < 1.29 is 9.53 Å². The molecule has 0 aromatic heterocycles. The number of hydrogen-bond donors (Lipinski definition) is 0. The molecule has 1 saturated heterocycles. The summed E-state index contributed by atoms with van der Waals surface area (Å²) in [5.41, 5.74) is 1.27. The van der Waals surface area contributed by atoms with Crippen molar-refractivity contribution in [1.82, 2.24) is 4.90 Å². The topological polar surface area (TPSA) is 29.5 Å². The van der Waals surface area contributed by atoms with E-state index in [9.17, 15) is 4.79 Å². The Bertz CT molecular complexity index is 309. The van der Waals surface area contributed by atoms with Crippen LogP contribution in [0.1, 0.15) is 27.2 Å². The van der Waals surface area contributed by atoms with Gasteiger partial charge in [0.1, 0.15) is 6.10 Å². The molecule has 1 aliphatic carbocycles. The minimum absolute atomic E-state index is 0.0625. The lowest BCUT2D eigenvalue weighted by atomic mass is 9.77. The predicted octanol–water partition coefficient (Wildman–Crippen LogP) is 2.43. The molecule has 0 N–H and O–H groups in total. The Morgan fingerprint density at radius 2 is 2.20 bits per heavy atom. The number of nitrogens with zero attached hydrogens (tertiary/aromatic N) is 1. The molecule has 0 saturated carbocycles. The van der Waals surface area contributed by atoms with Gasteiger partial charge in [0.25, 0.3) is 0 Å². The van der Waals surface area contributed by atoms with E-state index >= 15 is 0 Å². The number of fused-ring (bicyclic) bond motifs is 1. The van der Waals surface area contributed by atoms with Gasteiger partial charge in [-0.05, 0) is 19.3 Å². The standard InChI is InChI=1S/C12H19NO2/c1-7(2)9-6-5-8(3)10-11(9)15-12(14)13(10)4/h5,7,9-11H,6H2,1-4H3/t9-,10+,11-/m1/s1. The van der Waals surface area contributed by atoms with E-state index in [0.29, 0.717) is 11.8 Å². The Kier molecular flexibility index (Phi) is 2.49. The van der Waals surface area contributed by atoms with Gasteiger partial charge in [0.15, 0.2) is 0 Å². The lowest BCUT2D eigenvalue weighted by Crippen LogP contribution is -2.42. The first kappa shape index (κ1) is 10.5. The molecule has 3 nitrogen and oxygen atoms in total. The predicted molar refractivity (Wildman–Crippen MR) is 58.5 cm³/mol. The Hall–Kier alpha value is -0.990. The Morgan fingerprint density at radius 1 is 1.53 bits per heavy atom. The van der Waals surface area contributed by atoms with Gasteiger partial charge in [-0.15, -0.1) is 0 Å². The molecule has 0 spiro atoms. The van der Waals surface area contributed by atoms with Crippen LogP contribution in [0.3, 0.4) is 0 Å². The molecule has 2 rings (SSSR count). The molecule has 1 heterocycles. The lowest BCUT2D eigenvalue weighted by molar-refractivity contribution is 0.0726. The third kappa shape index (κ3) is 1.54. The summed E-state index contributed by atoms with van der Waals surface area (Å²) in [7, 11) is 1.83. The first-order valence-electron chi connectivity index (χ1n) is 5.62. The van der Waals surface area contributed by atoms with Crippen LogP contribution in [0.25, 0.3) is 0 Å². The summed E-state index contributed by atoms with van der Waals surface area (Å²) in [6.07, 6.45) is 3.17. The van der Waals surface area contributed by atoms with E-state index in [1.54, 1.807) is 4.90 Å². The van der Waals surface area contributed by atoms with Crippen LogP contribution in [0.2, 0.25) is 0 Å². The van der Waals surface area contributed by atoms with Crippen molar-refractivity contribution in [1.29, 1.82) is 0 Å². The van der Waals surface area contributed by atoms with Crippen LogP contribution >= 0.6 is 0 Å². The van der Waals surface area contributed by atoms with E-state index in [2.05, 4.69) is 26.8 Å². The first-order valence-corrected chi connectivity index (χ1v) is 5.62. The molecule has 0 radical (unpaired) electrons. The summed E-state index contributed by atoms with van der Waals surface area (Å²) < 4.78 is 5.47. The van der Waals surface area contributed by atoms with Crippen molar-refractivity contribution in [2.45, 2.75) is 39.3 Å². The van der Waals surface area contributed by atoms with Crippen molar-refractivity contribution >= 4 is 6.09 Å². The van der Waals surface area contributed by atoms with Crippen LogP contribution in [0.4, 0.5) is 4.79 Å². The van der Waals surface area contributed by atoms with Gasteiger partial charge < -0.3 is 9.64 Å². The average molecular weight is 209 g/mol. The monoisotopic (exact) mass is 209 g/mol. The number of carbonyl (C=O) groups is 1. The fraction of sp³-hybridized carbons (Fsp3) is 0.750. The van der Waals surface area contributed by atoms with Crippen LogP contribution in [-0.2, 0) is 4.74 Å². The Morgan fingerprint density at radius 3 is 2.80 bits per heavy atom. The molecule has 0 aromatic rings. The molecule has 1 amide bonds. The van der Waals surface area contributed by atoms with Gasteiger partial charge in [0.2, 0.25) is 0 Å². The number of carbonyl (C=O) groups excluding carboxylic acids is 1. The van der Waals surface area contributed by atoms with Crippen LogP contribution in [0.5, 0.6) is 0 Å². The van der Waals surface area contributed by atoms with Crippen LogP contribution in [-0.4, -0.2) is 30.2 Å². The molecule has 1 aliphatic heterocycles. The smallest absolute Gasteiger partial charge is 0.410 e. The minimum Gasteiger partial charge on any atom is -0.443 e. The van der Waals surface area contributed by atoms with E-state index in [-0.39, 0.29) is 18.2 Å². The fourth-order valence-corrected chi connectivity index (χ4v) is 2.71. The number of hydrogen-bond acceptors (Lipinski definition) is 2. The zero-order valence-corrected chi connectivity index (χ0v) is 9.86. The highest BCUT2D eigenvalue weighted by Gasteiger charge is 2.46. The number of rotatable bonds is 1. The molecule has 2 aliphatic rings. The second-order valence-corrected chi connectivity index (χ2v) is 5.00. The quantitative estimate of drug-likeness (QED) is 0.621. The molecular formula is C12H19NO2. The summed E-state index contributed by atoms with van der Waals surface area (Å²) in [6, 6.07) is 0.165. The maximum atomic E-state index is 11.5. The molecule has 15 heavy (non-hydrogen) atoms. The Labute approximate surface area is 91.1 Å². The maximum absolute atomic E-state index is 11.5. The second-order valence-electron chi connectivity index (χ2n) is 5.00. The van der Waals surface area contributed by atoms with Crippen molar-refractivity contribution in [3.8, 4) is 0 Å². The second kappa shape index (κ2) is 3.54. The number of amides is 1. The van der Waals surface area contributed by atoms with E-state index in [1.165, 1.54) is 5.57 Å². The van der Waals surface area contributed by atoms with Gasteiger partial charge in [-0.25, -0.2) is 4.79 Å². The summed E-state index contributed by atoms with van der Waals surface area (Å²) >= 11 is 0. The zero-order chi connectivity index (χ0) is 11.2. The van der Waals surface area contributed by atoms with Crippen LogP contribution in [0.15, 0.2) is 11.6 Å². The summed E-state index contributed by atoms with van der Waals surface area (Å²) in [5.74, 6) is 1.02. The van der Waals surface area contributed by atoms with Gasteiger partial charge >= 0.3 is 6.09 Å². The molecule has 0 bridgehead atoms. The van der Waals surface area contributed by atoms with Crippen molar-refractivity contribution in [2.24, 2.45) is 11.8 Å². The molecular weight excluding hydrogens is 190 g/mol. The van der Waals surface area contributed by atoms with Crippen LogP contribution < -0.4 is 0 Å². The van der Waals surface area contributed by atoms with Crippen molar-refractivity contribution in [2.75, 3.05) is 7.05 Å². The van der Waals surface area contributed by atoms with Gasteiger partial charge in [0, 0.05) is 13.0 Å².